The third-order valence-corrected chi connectivity index (χ3v) is 5.67. The molecule has 1 aromatic heterocycles. The monoisotopic (exact) mass is 507 g/mol. The van der Waals surface area contributed by atoms with Gasteiger partial charge >= 0.3 is 17.8 Å². The summed E-state index contributed by atoms with van der Waals surface area (Å²) in [5, 5.41) is 11.8. The van der Waals surface area contributed by atoms with E-state index in [2.05, 4.69) is 5.32 Å². The number of rotatable bonds is 6. The molecule has 0 fully saturated rings. The Kier molecular flexibility index (Phi) is 7.18. The number of carbonyl (C=O) groups excluding carboxylic acids is 1. The van der Waals surface area contributed by atoms with Crippen LogP contribution in [0.3, 0.4) is 0 Å². The van der Waals surface area contributed by atoms with Gasteiger partial charge in [0.25, 0.3) is 11.5 Å². The minimum Gasteiger partial charge on any atom is -0.480 e. The molecule has 8 nitrogen and oxygen atoms in total. The van der Waals surface area contributed by atoms with Crippen molar-refractivity contribution in [1.29, 1.82) is 0 Å². The summed E-state index contributed by atoms with van der Waals surface area (Å²) in [6, 6.07) is 7.47. The van der Waals surface area contributed by atoms with Crippen LogP contribution in [0.2, 0.25) is 0 Å². The second kappa shape index (κ2) is 9.80. The lowest BCUT2D eigenvalue weighted by atomic mass is 9.99. The Morgan fingerprint density at radius 2 is 1.64 bits per heavy atom. The number of aliphatic carboxylic acids is 1. The van der Waals surface area contributed by atoms with Gasteiger partial charge in [0.15, 0.2) is 0 Å². The molecule has 0 bridgehead atoms. The molecule has 0 saturated carbocycles. The van der Waals surface area contributed by atoms with E-state index in [0.717, 1.165) is 20.2 Å². The van der Waals surface area contributed by atoms with Gasteiger partial charge in [-0.1, -0.05) is 36.4 Å². The molecule has 1 amide bonds. The number of nitrogens with one attached hydrogen (secondary N) is 1. The van der Waals surface area contributed by atoms with E-state index in [1.807, 2.05) is 0 Å². The van der Waals surface area contributed by atoms with Crippen LogP contribution in [0.25, 0.3) is 11.1 Å². The first-order chi connectivity index (χ1) is 16.7. The van der Waals surface area contributed by atoms with Crippen LogP contribution in [0.5, 0.6) is 0 Å². The molecule has 0 spiro atoms. The maximum Gasteiger partial charge on any atom is 0.432 e. The summed E-state index contributed by atoms with van der Waals surface area (Å²) < 4.78 is 56.1. The van der Waals surface area contributed by atoms with Gasteiger partial charge < -0.3 is 10.4 Å². The number of aromatic nitrogens is 2. The lowest BCUT2D eigenvalue weighted by Crippen LogP contribution is -2.42. The predicted molar refractivity (Wildman–Crippen MR) is 121 cm³/mol. The molecular formula is C24H21F4N3O5. The fraction of sp³-hybridized carbons (Fsp3) is 0.250. The van der Waals surface area contributed by atoms with E-state index < -0.39 is 52.4 Å². The second-order valence-corrected chi connectivity index (χ2v) is 8.12. The van der Waals surface area contributed by atoms with Crippen LogP contribution >= 0.6 is 0 Å². The summed E-state index contributed by atoms with van der Waals surface area (Å²) in [5.41, 5.74) is -4.26. The number of hydrogen-bond acceptors (Lipinski definition) is 4. The molecule has 36 heavy (non-hydrogen) atoms. The average Bonchev–Trinajstić information content (AvgIpc) is 2.79. The van der Waals surface area contributed by atoms with Crippen LogP contribution in [-0.4, -0.2) is 32.2 Å². The summed E-state index contributed by atoms with van der Waals surface area (Å²) in [6.45, 7) is 1.49. The average molecular weight is 507 g/mol. The number of alkyl halides is 3. The van der Waals surface area contributed by atoms with Crippen molar-refractivity contribution >= 4 is 11.9 Å². The fourth-order valence-corrected chi connectivity index (χ4v) is 3.83. The first-order valence-electron chi connectivity index (χ1n) is 10.5. The zero-order valence-corrected chi connectivity index (χ0v) is 19.3. The lowest BCUT2D eigenvalue weighted by molar-refractivity contribution is -0.143. The summed E-state index contributed by atoms with van der Waals surface area (Å²) in [5.74, 6) is -3.16. The summed E-state index contributed by atoms with van der Waals surface area (Å²) in [6.07, 6.45) is -5.27. The van der Waals surface area contributed by atoms with Gasteiger partial charge in [-0.25, -0.2) is 14.0 Å². The third kappa shape index (κ3) is 5.07. The van der Waals surface area contributed by atoms with Gasteiger partial charge in [-0.05, 0) is 29.7 Å². The van der Waals surface area contributed by atoms with Crippen LogP contribution in [0, 0.1) is 12.7 Å². The van der Waals surface area contributed by atoms with Crippen molar-refractivity contribution in [2.45, 2.75) is 25.6 Å². The van der Waals surface area contributed by atoms with Gasteiger partial charge in [0.05, 0.1) is 11.1 Å². The van der Waals surface area contributed by atoms with E-state index in [0.29, 0.717) is 20.3 Å². The molecule has 12 heteroatoms. The van der Waals surface area contributed by atoms with Crippen LogP contribution in [-0.2, 0) is 31.5 Å². The molecule has 2 N–H and O–H groups in total. The summed E-state index contributed by atoms with van der Waals surface area (Å²) in [7, 11) is 1.96. The Labute approximate surface area is 201 Å². The van der Waals surface area contributed by atoms with Crippen molar-refractivity contribution in [2.75, 3.05) is 0 Å². The van der Waals surface area contributed by atoms with E-state index in [-0.39, 0.29) is 17.5 Å². The molecule has 2 aromatic carbocycles. The number of carboxylic acid groups (broad SMARTS) is 1. The largest absolute Gasteiger partial charge is 0.480 e. The molecule has 1 heterocycles. The third-order valence-electron chi connectivity index (χ3n) is 5.67. The van der Waals surface area contributed by atoms with Gasteiger partial charge in [0, 0.05) is 20.5 Å². The van der Waals surface area contributed by atoms with Crippen molar-refractivity contribution in [3.63, 3.8) is 0 Å². The molecule has 0 saturated heterocycles. The Hall–Kier alpha value is -4.22. The molecule has 0 aliphatic rings. The number of carbonyl (C=O) groups is 2. The SMILES string of the molecule is Cc1cccc(F)c1C(=O)NC(Cc1ccc(-c2c(C(F)(F)F)n(C)c(=O)n(C)c2=O)cc1)C(=O)O. The normalized spacial score (nSPS) is 12.3. The molecule has 1 atom stereocenters. The number of aryl methyl sites for hydroxylation is 1. The molecule has 0 aliphatic carbocycles. The standard InChI is InChI=1S/C24H21F4N3O5/c1-12-5-4-6-15(25)17(12)20(32)29-16(22(34)35)11-13-7-9-14(10-8-13)18-19(24(26,27)28)30(2)23(36)31(3)21(18)33/h4-10,16H,11H2,1-3H3,(H,29,32)(H,34,35). The van der Waals surface area contributed by atoms with Crippen molar-refractivity contribution in [2.24, 2.45) is 14.1 Å². The van der Waals surface area contributed by atoms with E-state index >= 15 is 0 Å². The van der Waals surface area contributed by atoms with E-state index in [9.17, 15) is 41.8 Å². The summed E-state index contributed by atoms with van der Waals surface area (Å²) >= 11 is 0. The van der Waals surface area contributed by atoms with Gasteiger partial charge in [-0.15, -0.1) is 0 Å². The Balaban J connectivity index is 1.95. The van der Waals surface area contributed by atoms with Crippen molar-refractivity contribution in [3.8, 4) is 11.1 Å². The van der Waals surface area contributed by atoms with Gasteiger partial charge in [0.1, 0.15) is 17.6 Å². The quantitative estimate of drug-likeness (QED) is 0.499. The molecule has 190 valence electrons. The van der Waals surface area contributed by atoms with Gasteiger partial charge in [0.2, 0.25) is 0 Å². The molecular weight excluding hydrogens is 486 g/mol. The topological polar surface area (TPSA) is 110 Å². The highest BCUT2D eigenvalue weighted by molar-refractivity contribution is 5.98. The van der Waals surface area contributed by atoms with Crippen molar-refractivity contribution < 1.29 is 32.3 Å². The number of benzene rings is 2. The maximum absolute atomic E-state index is 14.1. The zero-order valence-electron chi connectivity index (χ0n) is 19.3. The minimum atomic E-state index is -5.00. The smallest absolute Gasteiger partial charge is 0.432 e. The zero-order chi connectivity index (χ0) is 26.9. The highest BCUT2D eigenvalue weighted by atomic mass is 19.4. The number of amides is 1. The number of halogens is 4. The van der Waals surface area contributed by atoms with E-state index in [1.165, 1.54) is 43.3 Å². The fourth-order valence-electron chi connectivity index (χ4n) is 3.83. The molecule has 3 aromatic rings. The highest BCUT2D eigenvalue weighted by Crippen LogP contribution is 2.34. The summed E-state index contributed by atoms with van der Waals surface area (Å²) in [4.78, 5) is 48.8. The first-order valence-corrected chi connectivity index (χ1v) is 10.5. The second-order valence-electron chi connectivity index (χ2n) is 8.12. The van der Waals surface area contributed by atoms with Crippen LogP contribution in [0.4, 0.5) is 17.6 Å². The van der Waals surface area contributed by atoms with Crippen molar-refractivity contribution in [3.05, 3.63) is 91.5 Å². The molecule has 1 unspecified atom stereocenters. The van der Waals surface area contributed by atoms with E-state index in [4.69, 9.17) is 0 Å². The Morgan fingerprint density at radius 3 is 2.17 bits per heavy atom. The number of carboxylic acids is 1. The van der Waals surface area contributed by atoms with Gasteiger partial charge in [-0.2, -0.15) is 13.2 Å². The Bertz CT molecular complexity index is 1440. The number of nitrogens with zero attached hydrogens (tertiary/aromatic N) is 2. The van der Waals surface area contributed by atoms with Gasteiger partial charge in [-0.3, -0.25) is 18.7 Å². The van der Waals surface area contributed by atoms with Crippen molar-refractivity contribution in [1.82, 2.24) is 14.5 Å². The minimum absolute atomic E-state index is 0.139. The lowest BCUT2D eigenvalue weighted by Gasteiger charge is -2.18. The van der Waals surface area contributed by atoms with Crippen LogP contribution in [0.1, 0.15) is 27.2 Å². The first kappa shape index (κ1) is 26.4. The molecule has 3 rings (SSSR count). The predicted octanol–water partition coefficient (Wildman–Crippen LogP) is 2.64. The maximum atomic E-state index is 14.1. The highest BCUT2D eigenvalue weighted by Gasteiger charge is 2.39. The molecule has 0 aliphatic heterocycles. The van der Waals surface area contributed by atoms with E-state index in [1.54, 1.807) is 0 Å². The Morgan fingerprint density at radius 1 is 1.03 bits per heavy atom. The molecule has 0 radical (unpaired) electrons. The number of hydrogen-bond donors (Lipinski definition) is 2. The van der Waals surface area contributed by atoms with Crippen LogP contribution < -0.4 is 16.6 Å². The van der Waals surface area contributed by atoms with Crippen LogP contribution in [0.15, 0.2) is 52.1 Å².